The largest absolute Gasteiger partial charge is 0.433 e. The van der Waals surface area contributed by atoms with Crippen LogP contribution in [0.25, 0.3) is 0 Å². The van der Waals surface area contributed by atoms with E-state index >= 15 is 0 Å². The number of rotatable bonds is 0. The van der Waals surface area contributed by atoms with Crippen molar-refractivity contribution in [2.45, 2.75) is 6.92 Å². The Balaban J connectivity index is 2.59. The predicted molar refractivity (Wildman–Crippen MR) is 38.3 cm³/mol. The Hall–Kier alpha value is -0.500. The third-order valence-corrected chi connectivity index (χ3v) is 1.19. The molecule has 0 unspecified atom stereocenters. The van der Waals surface area contributed by atoms with E-state index in [9.17, 15) is 0 Å². The predicted octanol–water partition coefficient (Wildman–Crippen LogP) is 1.47. The summed E-state index contributed by atoms with van der Waals surface area (Å²) in [6.07, 6.45) is 5.88. The molecule has 1 heterocycles. The molecule has 1 aliphatic rings. The van der Waals surface area contributed by atoms with Crippen molar-refractivity contribution in [3.63, 3.8) is 0 Å². The van der Waals surface area contributed by atoms with Crippen molar-refractivity contribution in [2.24, 2.45) is 0 Å². The first-order valence-corrected chi connectivity index (χ1v) is 2.91. The molecule has 2 heteroatoms. The minimum Gasteiger partial charge on any atom is -0.433 e. The van der Waals surface area contributed by atoms with Gasteiger partial charge in [-0.1, -0.05) is 6.92 Å². The lowest BCUT2D eigenvalue weighted by molar-refractivity contribution is 0.915. The molecule has 0 aromatic heterocycles. The fourth-order valence-corrected chi connectivity index (χ4v) is 0.831. The topological polar surface area (TPSA) is 12.0 Å². The highest BCUT2D eigenvalue weighted by Gasteiger charge is 1.88. The zero-order valence-corrected chi connectivity index (χ0v) is 5.57. The molecule has 0 amide bonds. The summed E-state index contributed by atoms with van der Waals surface area (Å²) in [6, 6.07) is 1.14. The molecule has 1 nitrogen and oxygen atoms in total. The van der Waals surface area contributed by atoms with Crippen molar-refractivity contribution in [1.29, 1.82) is 0 Å². The van der Waals surface area contributed by atoms with Crippen molar-refractivity contribution in [2.75, 3.05) is 0 Å². The first-order chi connectivity index (χ1) is 3.79. The van der Waals surface area contributed by atoms with Crippen LogP contribution < -0.4 is 5.32 Å². The van der Waals surface area contributed by atoms with E-state index in [1.807, 2.05) is 25.2 Å². The molecule has 0 fully saturated rings. The van der Waals surface area contributed by atoms with Gasteiger partial charge in [-0.15, -0.1) is 24.7 Å². The quantitative estimate of drug-likeness (QED) is 0.370. The number of nitrogens with one attached hydrogen (secondary N) is 1. The first kappa shape index (κ1) is 5.63. The van der Waals surface area contributed by atoms with Crippen molar-refractivity contribution in [3.8, 4) is 0 Å². The van der Waals surface area contributed by atoms with Crippen LogP contribution in [-0.2, 0) is 0 Å². The molecule has 0 radical (unpaired) electrons. The van der Waals surface area contributed by atoms with Crippen LogP contribution in [0.5, 0.6) is 0 Å². The van der Waals surface area contributed by atoms with Crippen LogP contribution in [0.3, 0.4) is 0 Å². The maximum Gasteiger partial charge on any atom is 0.0350 e. The Labute approximate surface area is 54.9 Å². The van der Waals surface area contributed by atoms with E-state index < -0.39 is 0 Å². The van der Waals surface area contributed by atoms with Gasteiger partial charge in [0, 0.05) is 5.03 Å². The number of hydrogen-bond donors (Lipinski definition) is 2. The Bertz CT molecular complexity index is 137. The molecule has 1 N–H and O–H groups in total. The third kappa shape index (κ3) is 1.23. The zero-order valence-electron chi connectivity index (χ0n) is 4.68. The minimum atomic E-state index is 0.907. The molecule has 0 aliphatic carbocycles. The second-order valence-electron chi connectivity index (χ2n) is 1.72. The average molecular weight is 126 g/mol. The molecule has 0 saturated carbocycles. The van der Waals surface area contributed by atoms with Crippen LogP contribution in [0, 0.1) is 6.04 Å². The second-order valence-corrected chi connectivity index (χ2v) is 2.20. The molecule has 0 saturated heterocycles. The molecule has 8 heavy (non-hydrogen) atoms. The van der Waals surface area contributed by atoms with Gasteiger partial charge in [0.25, 0.3) is 0 Å². The van der Waals surface area contributed by atoms with Gasteiger partial charge in [-0.05, 0) is 0 Å². The van der Waals surface area contributed by atoms with E-state index in [-0.39, 0.29) is 0 Å². The summed E-state index contributed by atoms with van der Waals surface area (Å²) in [5, 5.41) is 3.94. The summed E-state index contributed by atoms with van der Waals surface area (Å²) in [6.45, 7) is 2.00. The molecule has 0 spiro atoms. The fourth-order valence-electron chi connectivity index (χ4n) is 0.569. The van der Waals surface area contributed by atoms with Gasteiger partial charge in [0.05, 0.1) is 0 Å². The lowest BCUT2D eigenvalue weighted by Gasteiger charge is -2.22. The molecular weight excluding hydrogens is 118 g/mol. The number of thiol groups is 1. The van der Waals surface area contributed by atoms with Crippen LogP contribution in [0.15, 0.2) is 23.3 Å². The number of hydrogen-bond acceptors (Lipinski definition) is 2. The standard InChI is InChI=1S/C6H8NS/c1-5-3-2-4-6(8)7-5/h2-4,7-8H,1H3/q-1. The Kier molecular flexibility index (Phi) is 1.53. The van der Waals surface area contributed by atoms with Gasteiger partial charge in [-0.2, -0.15) is 0 Å². The SMILES string of the molecule is C[C-]1C=CC=C(S)N1. The van der Waals surface area contributed by atoms with E-state index in [2.05, 4.69) is 17.9 Å². The van der Waals surface area contributed by atoms with E-state index in [1.165, 1.54) is 0 Å². The van der Waals surface area contributed by atoms with Gasteiger partial charge in [0.2, 0.25) is 0 Å². The van der Waals surface area contributed by atoms with Crippen molar-refractivity contribution in [3.05, 3.63) is 29.3 Å². The summed E-state index contributed by atoms with van der Waals surface area (Å²) in [7, 11) is 0. The average Bonchev–Trinajstić information content (AvgIpc) is 1.64. The maximum atomic E-state index is 4.10. The summed E-state index contributed by atoms with van der Waals surface area (Å²) in [5.74, 6) is 0. The molecule has 0 aromatic rings. The zero-order chi connectivity index (χ0) is 5.98. The van der Waals surface area contributed by atoms with Crippen LogP contribution in [0.4, 0.5) is 0 Å². The molecular formula is C6H8NS-. The Morgan fingerprint density at radius 1 is 1.75 bits per heavy atom. The van der Waals surface area contributed by atoms with Gasteiger partial charge in [-0.25, -0.2) is 12.2 Å². The van der Waals surface area contributed by atoms with Crippen molar-refractivity contribution < 1.29 is 0 Å². The van der Waals surface area contributed by atoms with Gasteiger partial charge in [0.15, 0.2) is 0 Å². The lowest BCUT2D eigenvalue weighted by Crippen LogP contribution is -2.14. The highest BCUT2D eigenvalue weighted by atomic mass is 32.1. The Morgan fingerprint density at radius 2 is 2.50 bits per heavy atom. The Morgan fingerprint density at radius 3 is 2.88 bits per heavy atom. The molecule has 0 atom stereocenters. The van der Waals surface area contributed by atoms with Gasteiger partial charge in [-0.3, -0.25) is 0 Å². The van der Waals surface area contributed by atoms with E-state index in [4.69, 9.17) is 0 Å². The monoisotopic (exact) mass is 126 g/mol. The maximum absolute atomic E-state index is 4.10. The van der Waals surface area contributed by atoms with Gasteiger partial charge < -0.3 is 5.32 Å². The smallest absolute Gasteiger partial charge is 0.0350 e. The second kappa shape index (κ2) is 2.18. The van der Waals surface area contributed by atoms with E-state index in [0.717, 1.165) is 11.1 Å². The molecule has 1 rings (SSSR count). The lowest BCUT2D eigenvalue weighted by atomic mass is 10.2. The molecule has 44 valence electrons. The summed E-state index contributed by atoms with van der Waals surface area (Å²) in [4.78, 5) is 0. The molecule has 1 aliphatic heterocycles. The highest BCUT2D eigenvalue weighted by molar-refractivity contribution is 7.84. The summed E-state index contributed by atoms with van der Waals surface area (Å²) in [5.41, 5.74) is 0. The van der Waals surface area contributed by atoms with E-state index in [0.29, 0.717) is 0 Å². The third-order valence-electron chi connectivity index (χ3n) is 0.926. The van der Waals surface area contributed by atoms with Crippen molar-refractivity contribution >= 4 is 12.6 Å². The van der Waals surface area contributed by atoms with Crippen LogP contribution in [0.1, 0.15) is 6.92 Å². The van der Waals surface area contributed by atoms with Crippen LogP contribution in [0.2, 0.25) is 0 Å². The molecule has 0 bridgehead atoms. The highest BCUT2D eigenvalue weighted by Crippen LogP contribution is 2.08. The van der Waals surface area contributed by atoms with Crippen LogP contribution >= 0.6 is 12.6 Å². The summed E-state index contributed by atoms with van der Waals surface area (Å²) >= 11 is 4.10. The first-order valence-electron chi connectivity index (χ1n) is 2.47. The fraction of sp³-hybridized carbons (Fsp3) is 0.167. The minimum absolute atomic E-state index is 0.907. The normalized spacial score (nSPS) is 17.8. The number of dihydropyridines is 1. The van der Waals surface area contributed by atoms with Gasteiger partial charge >= 0.3 is 0 Å². The molecule has 0 aromatic carbocycles. The van der Waals surface area contributed by atoms with Gasteiger partial charge in [0.1, 0.15) is 0 Å². The van der Waals surface area contributed by atoms with Crippen LogP contribution in [-0.4, -0.2) is 0 Å². The number of allylic oxidation sites excluding steroid dienone is 2. The van der Waals surface area contributed by atoms with E-state index in [1.54, 1.807) is 0 Å². The summed E-state index contributed by atoms with van der Waals surface area (Å²) < 4.78 is 0. The van der Waals surface area contributed by atoms with Crippen molar-refractivity contribution in [1.82, 2.24) is 5.32 Å².